The Labute approximate surface area is 161 Å². The number of sulfonamides is 1. The zero-order valence-electron chi connectivity index (χ0n) is 14.2. The van der Waals surface area contributed by atoms with E-state index in [1.165, 1.54) is 0 Å². The van der Waals surface area contributed by atoms with E-state index in [-0.39, 0.29) is 10.9 Å². The molecule has 2 heterocycles. The predicted molar refractivity (Wildman–Crippen MR) is 102 cm³/mol. The molecule has 0 saturated heterocycles. The van der Waals surface area contributed by atoms with Crippen LogP contribution in [0.1, 0.15) is 18.1 Å². The number of halogens is 1. The van der Waals surface area contributed by atoms with Gasteiger partial charge in [0, 0.05) is 22.7 Å². The third kappa shape index (κ3) is 3.17. The van der Waals surface area contributed by atoms with E-state index in [4.69, 9.17) is 14.6 Å². The Morgan fingerprint density at radius 3 is 2.58 bits per heavy atom. The molecule has 2 N–H and O–H groups in total. The number of nitrogens with two attached hydrogens (primary N) is 1. The lowest BCUT2D eigenvalue weighted by Crippen LogP contribution is -2.29. The number of nitrogens with zero attached hydrogens (tertiary/aromatic N) is 1. The van der Waals surface area contributed by atoms with Gasteiger partial charge in [-0.05, 0) is 54.8 Å². The standard InChI is InChI=1S/C18H19BrN2O4S/c1-11-6-12-7-14(26(20,22)23)2-3-16(12)21(11)10-13-8-17-18(9-15(13)19)25-5-4-24-17/h2-3,7-9,11H,4-6,10H2,1H3,(H2,20,22,23)/t11-/m1/s1. The Morgan fingerprint density at radius 1 is 1.19 bits per heavy atom. The van der Waals surface area contributed by atoms with Gasteiger partial charge in [0.25, 0.3) is 0 Å². The number of benzene rings is 2. The zero-order chi connectivity index (χ0) is 18.5. The fourth-order valence-electron chi connectivity index (χ4n) is 3.50. The molecule has 0 bridgehead atoms. The number of rotatable bonds is 3. The molecular weight excluding hydrogens is 420 g/mol. The topological polar surface area (TPSA) is 81.9 Å². The molecule has 0 aromatic heterocycles. The van der Waals surface area contributed by atoms with E-state index in [0.29, 0.717) is 19.8 Å². The summed E-state index contributed by atoms with van der Waals surface area (Å²) in [6, 6.07) is 9.28. The number of hydrogen-bond acceptors (Lipinski definition) is 5. The Bertz CT molecular complexity index is 977. The lowest BCUT2D eigenvalue weighted by atomic mass is 10.1. The van der Waals surface area contributed by atoms with E-state index < -0.39 is 10.0 Å². The van der Waals surface area contributed by atoms with Crippen LogP contribution in [0, 0.1) is 0 Å². The monoisotopic (exact) mass is 438 g/mol. The van der Waals surface area contributed by atoms with Crippen LogP contribution in [0.2, 0.25) is 0 Å². The molecule has 4 rings (SSSR count). The molecule has 0 spiro atoms. The summed E-state index contributed by atoms with van der Waals surface area (Å²) in [5.74, 6) is 1.51. The molecule has 0 saturated carbocycles. The van der Waals surface area contributed by atoms with E-state index in [1.807, 2.05) is 18.2 Å². The predicted octanol–water partition coefficient (Wildman–Crippen LogP) is 2.82. The SMILES string of the molecule is C[C@@H]1Cc2cc(S(N)(=O)=O)ccc2N1Cc1cc2c(cc1Br)OCCO2. The Hall–Kier alpha value is -1.77. The van der Waals surface area contributed by atoms with Crippen molar-refractivity contribution in [2.45, 2.75) is 30.8 Å². The van der Waals surface area contributed by atoms with Crippen molar-refractivity contribution in [3.8, 4) is 11.5 Å². The van der Waals surface area contributed by atoms with Crippen molar-refractivity contribution >= 4 is 31.6 Å². The van der Waals surface area contributed by atoms with Crippen molar-refractivity contribution in [3.63, 3.8) is 0 Å². The first-order valence-corrected chi connectivity index (χ1v) is 10.7. The molecule has 2 aromatic rings. The summed E-state index contributed by atoms with van der Waals surface area (Å²) in [6.45, 7) is 3.91. The minimum atomic E-state index is -3.69. The number of ether oxygens (including phenoxy) is 2. The van der Waals surface area contributed by atoms with Crippen LogP contribution in [0.4, 0.5) is 5.69 Å². The summed E-state index contributed by atoms with van der Waals surface area (Å²) in [4.78, 5) is 2.42. The number of fused-ring (bicyclic) bond motifs is 2. The minimum Gasteiger partial charge on any atom is -0.486 e. The molecule has 0 radical (unpaired) electrons. The molecule has 8 heteroatoms. The van der Waals surface area contributed by atoms with Crippen LogP contribution in [-0.4, -0.2) is 27.7 Å². The molecule has 0 unspecified atom stereocenters. The second-order valence-corrected chi connectivity index (χ2v) is 9.02. The van der Waals surface area contributed by atoms with Crippen LogP contribution in [0.3, 0.4) is 0 Å². The lowest BCUT2D eigenvalue weighted by Gasteiger charge is -2.27. The summed E-state index contributed by atoms with van der Waals surface area (Å²) in [5, 5.41) is 5.26. The molecule has 26 heavy (non-hydrogen) atoms. The Balaban J connectivity index is 1.66. The van der Waals surface area contributed by atoms with Gasteiger partial charge in [-0.15, -0.1) is 0 Å². The quantitative estimate of drug-likeness (QED) is 0.796. The van der Waals surface area contributed by atoms with Crippen LogP contribution < -0.4 is 19.5 Å². The molecule has 0 amide bonds. The largest absolute Gasteiger partial charge is 0.486 e. The summed E-state index contributed by atoms with van der Waals surface area (Å²) in [7, 11) is -3.69. The minimum absolute atomic E-state index is 0.158. The maximum atomic E-state index is 11.6. The maximum absolute atomic E-state index is 11.6. The van der Waals surface area contributed by atoms with Gasteiger partial charge in [-0.25, -0.2) is 13.6 Å². The summed E-state index contributed by atoms with van der Waals surface area (Å²) < 4.78 is 35.5. The van der Waals surface area contributed by atoms with Gasteiger partial charge in [0.15, 0.2) is 11.5 Å². The van der Waals surface area contributed by atoms with Gasteiger partial charge in [0.05, 0.1) is 4.90 Å². The third-order valence-electron chi connectivity index (χ3n) is 4.79. The van der Waals surface area contributed by atoms with E-state index in [2.05, 4.69) is 27.8 Å². The molecule has 1 atom stereocenters. The second-order valence-electron chi connectivity index (χ2n) is 6.60. The van der Waals surface area contributed by atoms with Crippen molar-refractivity contribution in [1.29, 1.82) is 0 Å². The maximum Gasteiger partial charge on any atom is 0.238 e. The van der Waals surface area contributed by atoms with Crippen LogP contribution >= 0.6 is 15.9 Å². The van der Waals surface area contributed by atoms with Crippen LogP contribution in [0.5, 0.6) is 11.5 Å². The molecular formula is C18H19BrN2O4S. The van der Waals surface area contributed by atoms with Crippen molar-refractivity contribution in [2.24, 2.45) is 5.14 Å². The van der Waals surface area contributed by atoms with E-state index >= 15 is 0 Å². The molecule has 2 aliphatic rings. The van der Waals surface area contributed by atoms with E-state index in [9.17, 15) is 8.42 Å². The first-order chi connectivity index (χ1) is 12.3. The highest BCUT2D eigenvalue weighted by atomic mass is 79.9. The van der Waals surface area contributed by atoms with Crippen LogP contribution in [0.15, 0.2) is 39.7 Å². The summed E-state index contributed by atoms with van der Waals surface area (Å²) >= 11 is 3.62. The van der Waals surface area contributed by atoms with Gasteiger partial charge >= 0.3 is 0 Å². The fourth-order valence-corrected chi connectivity index (χ4v) is 4.51. The van der Waals surface area contributed by atoms with Gasteiger partial charge in [-0.3, -0.25) is 0 Å². The fraction of sp³-hybridized carbons (Fsp3) is 0.333. The lowest BCUT2D eigenvalue weighted by molar-refractivity contribution is 0.171. The number of hydrogen-bond donors (Lipinski definition) is 1. The molecule has 138 valence electrons. The zero-order valence-corrected chi connectivity index (χ0v) is 16.6. The van der Waals surface area contributed by atoms with Gasteiger partial charge in [0.2, 0.25) is 10.0 Å². The molecule has 6 nitrogen and oxygen atoms in total. The van der Waals surface area contributed by atoms with Crippen molar-refractivity contribution < 1.29 is 17.9 Å². The average Bonchev–Trinajstić information content (AvgIpc) is 2.89. The van der Waals surface area contributed by atoms with Gasteiger partial charge in [-0.2, -0.15) is 0 Å². The summed E-state index contributed by atoms with van der Waals surface area (Å²) in [6.07, 6.45) is 0.779. The Kier molecular flexibility index (Phi) is 4.37. The average molecular weight is 439 g/mol. The molecule has 0 aliphatic carbocycles. The van der Waals surface area contributed by atoms with E-state index in [0.717, 1.165) is 39.2 Å². The van der Waals surface area contributed by atoms with Gasteiger partial charge in [0.1, 0.15) is 13.2 Å². The van der Waals surface area contributed by atoms with Crippen LogP contribution in [-0.2, 0) is 23.0 Å². The van der Waals surface area contributed by atoms with Crippen molar-refractivity contribution in [2.75, 3.05) is 18.1 Å². The highest BCUT2D eigenvalue weighted by Gasteiger charge is 2.28. The van der Waals surface area contributed by atoms with Crippen molar-refractivity contribution in [3.05, 3.63) is 45.9 Å². The smallest absolute Gasteiger partial charge is 0.238 e. The second kappa shape index (κ2) is 6.44. The van der Waals surface area contributed by atoms with Gasteiger partial charge in [-0.1, -0.05) is 15.9 Å². The van der Waals surface area contributed by atoms with Crippen LogP contribution in [0.25, 0.3) is 0 Å². The molecule has 2 aromatic carbocycles. The van der Waals surface area contributed by atoms with Crippen molar-refractivity contribution in [1.82, 2.24) is 0 Å². The molecule has 0 fully saturated rings. The molecule has 2 aliphatic heterocycles. The van der Waals surface area contributed by atoms with E-state index in [1.54, 1.807) is 12.1 Å². The first-order valence-electron chi connectivity index (χ1n) is 8.33. The number of primary sulfonamides is 1. The third-order valence-corrected chi connectivity index (χ3v) is 6.44. The number of anilines is 1. The normalized spacial score (nSPS) is 18.7. The Morgan fingerprint density at radius 2 is 1.88 bits per heavy atom. The first kappa shape index (κ1) is 17.6. The van der Waals surface area contributed by atoms with Gasteiger partial charge < -0.3 is 14.4 Å². The highest BCUT2D eigenvalue weighted by molar-refractivity contribution is 9.10. The summed E-state index contributed by atoms with van der Waals surface area (Å²) in [5.41, 5.74) is 3.12. The highest BCUT2D eigenvalue weighted by Crippen LogP contribution is 2.39.